The Hall–Kier alpha value is -2.57. The molecule has 1 aliphatic rings. The fourth-order valence-electron chi connectivity index (χ4n) is 2.34. The maximum Gasteiger partial charge on any atom is 0.411 e. The number of nitrogens with zero attached hydrogens (tertiary/aromatic N) is 1. The van der Waals surface area contributed by atoms with Crippen LogP contribution in [0.25, 0.3) is 0 Å². The average Bonchev–Trinajstić information content (AvgIpc) is 2.91. The summed E-state index contributed by atoms with van der Waals surface area (Å²) in [4.78, 5) is 35.1. The van der Waals surface area contributed by atoms with Crippen molar-refractivity contribution in [3.63, 3.8) is 0 Å². The molecule has 0 bridgehead atoms. The van der Waals surface area contributed by atoms with Gasteiger partial charge in [-0.15, -0.1) is 0 Å². The minimum absolute atomic E-state index is 0.0329. The Kier molecular flexibility index (Phi) is 4.42. The first kappa shape index (κ1) is 14.8. The molecule has 0 aromatic heterocycles. The summed E-state index contributed by atoms with van der Waals surface area (Å²) in [5.74, 6) is -2.45. The number of carbonyl (C=O) groups is 3. The van der Waals surface area contributed by atoms with E-state index in [0.29, 0.717) is 0 Å². The van der Waals surface area contributed by atoms with E-state index in [1.165, 1.54) is 0 Å². The third kappa shape index (κ3) is 3.31. The fourth-order valence-corrected chi connectivity index (χ4v) is 2.34. The van der Waals surface area contributed by atoms with Crippen LogP contribution in [0.1, 0.15) is 18.4 Å². The molecule has 0 unspecified atom stereocenters. The second-order valence-electron chi connectivity index (χ2n) is 4.73. The first-order valence-electron chi connectivity index (χ1n) is 6.45. The molecule has 2 atom stereocenters. The van der Waals surface area contributed by atoms with Crippen LogP contribution in [-0.2, 0) is 20.9 Å². The number of hydrogen-bond acceptors (Lipinski definition) is 4. The van der Waals surface area contributed by atoms with Gasteiger partial charge >= 0.3 is 18.0 Å². The maximum atomic E-state index is 12.0. The van der Waals surface area contributed by atoms with Gasteiger partial charge in [0.25, 0.3) is 0 Å². The van der Waals surface area contributed by atoms with Gasteiger partial charge in [0, 0.05) is 0 Å². The van der Waals surface area contributed by atoms with Crippen LogP contribution in [0.15, 0.2) is 30.3 Å². The molecule has 0 spiro atoms. The lowest BCUT2D eigenvalue weighted by molar-refractivity contribution is -0.146. The molecular weight excluding hydrogens is 278 g/mol. The number of amides is 1. The van der Waals surface area contributed by atoms with Crippen molar-refractivity contribution >= 4 is 18.0 Å². The largest absolute Gasteiger partial charge is 0.480 e. The molecule has 0 radical (unpaired) electrons. The number of benzene rings is 1. The smallest absolute Gasteiger partial charge is 0.411 e. The predicted molar refractivity (Wildman–Crippen MR) is 70.5 cm³/mol. The summed E-state index contributed by atoms with van der Waals surface area (Å²) < 4.78 is 5.03. The van der Waals surface area contributed by atoms with Crippen LogP contribution in [0.3, 0.4) is 0 Å². The van der Waals surface area contributed by atoms with E-state index < -0.39 is 30.1 Å². The van der Waals surface area contributed by atoms with Crippen LogP contribution in [0.5, 0.6) is 0 Å². The summed E-state index contributed by atoms with van der Waals surface area (Å²) in [7, 11) is 0. The molecule has 1 saturated heterocycles. The van der Waals surface area contributed by atoms with Crippen molar-refractivity contribution in [2.45, 2.75) is 31.5 Å². The second kappa shape index (κ2) is 6.25. The highest BCUT2D eigenvalue weighted by Gasteiger charge is 2.45. The SMILES string of the molecule is O=C(O)[C@H]1CC[C@@H](C(=O)O)N1C(=O)OCc1ccccc1. The molecule has 1 aliphatic heterocycles. The topological polar surface area (TPSA) is 104 Å². The van der Waals surface area contributed by atoms with Crippen molar-refractivity contribution in [1.29, 1.82) is 0 Å². The molecule has 112 valence electrons. The number of likely N-dealkylation sites (tertiary alicyclic amines) is 1. The van der Waals surface area contributed by atoms with Crippen molar-refractivity contribution in [3.05, 3.63) is 35.9 Å². The number of rotatable bonds is 4. The minimum Gasteiger partial charge on any atom is -0.480 e. The number of aliphatic carboxylic acids is 2. The summed E-state index contributed by atoms with van der Waals surface area (Å²) in [6.45, 7) is -0.0329. The molecule has 1 heterocycles. The summed E-state index contributed by atoms with van der Waals surface area (Å²) in [5, 5.41) is 18.1. The van der Waals surface area contributed by atoms with E-state index in [-0.39, 0.29) is 19.4 Å². The summed E-state index contributed by atoms with van der Waals surface area (Å²) in [6.07, 6.45) is -0.712. The van der Waals surface area contributed by atoms with Gasteiger partial charge in [0.1, 0.15) is 18.7 Å². The van der Waals surface area contributed by atoms with Crippen molar-refractivity contribution in [2.75, 3.05) is 0 Å². The Balaban J connectivity index is 2.06. The van der Waals surface area contributed by atoms with Gasteiger partial charge in [-0.25, -0.2) is 14.4 Å². The fraction of sp³-hybridized carbons (Fsp3) is 0.357. The van der Waals surface area contributed by atoms with E-state index >= 15 is 0 Å². The number of hydrogen-bond donors (Lipinski definition) is 2. The number of ether oxygens (including phenoxy) is 1. The Morgan fingerprint density at radius 1 is 1.05 bits per heavy atom. The third-order valence-electron chi connectivity index (χ3n) is 3.37. The van der Waals surface area contributed by atoms with E-state index in [9.17, 15) is 14.4 Å². The van der Waals surface area contributed by atoms with E-state index in [1.807, 2.05) is 6.07 Å². The van der Waals surface area contributed by atoms with Gasteiger partial charge in [0.15, 0.2) is 0 Å². The highest BCUT2D eigenvalue weighted by molar-refractivity contribution is 5.86. The Morgan fingerprint density at radius 2 is 1.57 bits per heavy atom. The average molecular weight is 293 g/mol. The Bertz CT molecular complexity index is 522. The summed E-state index contributed by atoms with van der Waals surface area (Å²) >= 11 is 0. The van der Waals surface area contributed by atoms with Crippen LogP contribution in [-0.4, -0.2) is 45.2 Å². The van der Waals surface area contributed by atoms with Gasteiger partial charge in [-0.2, -0.15) is 0 Å². The minimum atomic E-state index is -1.23. The molecule has 21 heavy (non-hydrogen) atoms. The highest BCUT2D eigenvalue weighted by atomic mass is 16.6. The molecule has 1 amide bonds. The zero-order chi connectivity index (χ0) is 15.4. The first-order chi connectivity index (χ1) is 10.0. The van der Waals surface area contributed by atoms with E-state index in [0.717, 1.165) is 10.5 Å². The normalized spacial score (nSPS) is 21.0. The molecular formula is C14H15NO6. The molecule has 0 aliphatic carbocycles. The second-order valence-corrected chi connectivity index (χ2v) is 4.73. The molecule has 7 heteroatoms. The maximum absolute atomic E-state index is 12.0. The number of carbonyl (C=O) groups excluding carboxylic acids is 1. The van der Waals surface area contributed by atoms with E-state index in [4.69, 9.17) is 14.9 Å². The lowest BCUT2D eigenvalue weighted by Crippen LogP contribution is -2.48. The molecule has 1 aromatic carbocycles. The monoisotopic (exact) mass is 293 g/mol. The lowest BCUT2D eigenvalue weighted by atomic mass is 10.2. The molecule has 1 aromatic rings. The van der Waals surface area contributed by atoms with Crippen LogP contribution < -0.4 is 0 Å². The van der Waals surface area contributed by atoms with Crippen molar-refractivity contribution in [3.8, 4) is 0 Å². The van der Waals surface area contributed by atoms with Crippen LogP contribution in [0.2, 0.25) is 0 Å². The Morgan fingerprint density at radius 3 is 2.05 bits per heavy atom. The molecule has 2 rings (SSSR count). The molecule has 7 nitrogen and oxygen atoms in total. The van der Waals surface area contributed by atoms with Crippen LogP contribution in [0, 0.1) is 0 Å². The number of carboxylic acid groups (broad SMARTS) is 2. The quantitative estimate of drug-likeness (QED) is 0.867. The molecule has 0 saturated carbocycles. The highest BCUT2D eigenvalue weighted by Crippen LogP contribution is 2.26. The van der Waals surface area contributed by atoms with Crippen molar-refractivity contribution in [1.82, 2.24) is 4.90 Å². The van der Waals surface area contributed by atoms with Crippen molar-refractivity contribution < 1.29 is 29.3 Å². The number of carboxylic acids is 2. The molecule has 2 N–H and O–H groups in total. The third-order valence-corrected chi connectivity index (χ3v) is 3.37. The standard InChI is InChI=1S/C14H15NO6/c16-12(17)10-6-7-11(13(18)19)15(10)14(20)21-8-9-4-2-1-3-5-9/h1-5,10-11H,6-8H2,(H,16,17)(H,18,19)/t10-,11+. The first-order valence-corrected chi connectivity index (χ1v) is 6.45. The van der Waals surface area contributed by atoms with Gasteiger partial charge in [-0.05, 0) is 18.4 Å². The zero-order valence-electron chi connectivity index (χ0n) is 11.1. The summed E-state index contributed by atoms with van der Waals surface area (Å²) in [6, 6.07) is 6.55. The van der Waals surface area contributed by atoms with Gasteiger partial charge in [0.05, 0.1) is 0 Å². The van der Waals surface area contributed by atoms with Gasteiger partial charge < -0.3 is 14.9 Å². The lowest BCUT2D eigenvalue weighted by Gasteiger charge is -2.24. The van der Waals surface area contributed by atoms with Crippen molar-refractivity contribution in [2.24, 2.45) is 0 Å². The predicted octanol–water partition coefficient (Wildman–Crippen LogP) is 1.33. The van der Waals surface area contributed by atoms with Crippen LogP contribution >= 0.6 is 0 Å². The molecule has 1 fully saturated rings. The summed E-state index contributed by atoms with van der Waals surface area (Å²) in [5.41, 5.74) is 0.740. The van der Waals surface area contributed by atoms with Gasteiger partial charge in [-0.1, -0.05) is 30.3 Å². The van der Waals surface area contributed by atoms with Gasteiger partial charge in [0.2, 0.25) is 0 Å². The van der Waals surface area contributed by atoms with E-state index in [2.05, 4.69) is 0 Å². The Labute approximate surface area is 120 Å². The van der Waals surface area contributed by atoms with Crippen LogP contribution in [0.4, 0.5) is 4.79 Å². The zero-order valence-corrected chi connectivity index (χ0v) is 11.1. The van der Waals surface area contributed by atoms with E-state index in [1.54, 1.807) is 24.3 Å². The van der Waals surface area contributed by atoms with Gasteiger partial charge in [-0.3, -0.25) is 4.90 Å².